The third kappa shape index (κ3) is 6.98. The molecule has 1 aromatic carbocycles. The van der Waals surface area contributed by atoms with E-state index in [0.29, 0.717) is 12.5 Å². The molecule has 1 aliphatic carbocycles. The number of rotatable bonds is 12. The number of benzene rings is 1. The van der Waals surface area contributed by atoms with Crippen molar-refractivity contribution < 1.29 is 27.5 Å². The maximum absolute atomic E-state index is 12.3. The molecule has 1 heterocycles. The Balaban J connectivity index is 1.38. The molecule has 0 unspecified atom stereocenters. The van der Waals surface area contributed by atoms with Crippen LogP contribution in [0, 0.1) is 5.92 Å². The van der Waals surface area contributed by atoms with E-state index in [4.69, 9.17) is 9.47 Å². The van der Waals surface area contributed by atoms with Crippen molar-refractivity contribution in [1.29, 1.82) is 0 Å². The van der Waals surface area contributed by atoms with Gasteiger partial charge in [0.1, 0.15) is 12.3 Å². The van der Waals surface area contributed by atoms with Crippen molar-refractivity contribution in [3.8, 4) is 5.75 Å². The van der Waals surface area contributed by atoms with Crippen molar-refractivity contribution in [3.63, 3.8) is 0 Å². The molecule has 1 aliphatic heterocycles. The monoisotopic (exact) mass is 425 g/mol. The first-order valence-corrected chi connectivity index (χ1v) is 11.4. The van der Waals surface area contributed by atoms with E-state index in [2.05, 4.69) is 10.0 Å². The molecule has 1 aromatic rings. The number of urea groups is 1. The quantitative estimate of drug-likeness (QED) is 0.382. The summed E-state index contributed by atoms with van der Waals surface area (Å²) in [7, 11) is -3.54. The summed E-state index contributed by atoms with van der Waals surface area (Å²) in [6, 6.07) is 6.58. The van der Waals surface area contributed by atoms with Gasteiger partial charge in [-0.15, -0.1) is 0 Å². The second-order valence-electron chi connectivity index (χ2n) is 7.37. The van der Waals surface area contributed by atoms with Crippen molar-refractivity contribution in [2.75, 3.05) is 38.7 Å². The molecule has 3 amide bonds. The fourth-order valence-electron chi connectivity index (χ4n) is 2.88. The maximum atomic E-state index is 12.3. The molecular weight excluding hydrogens is 398 g/mol. The average molecular weight is 426 g/mol. The van der Waals surface area contributed by atoms with Crippen LogP contribution in [0.5, 0.6) is 5.75 Å². The molecule has 160 valence electrons. The molecule has 29 heavy (non-hydrogen) atoms. The highest BCUT2D eigenvalue weighted by molar-refractivity contribution is 7.89. The minimum Gasteiger partial charge on any atom is -0.493 e. The zero-order valence-corrected chi connectivity index (χ0v) is 17.2. The molecule has 1 atom stereocenters. The van der Waals surface area contributed by atoms with Crippen LogP contribution in [0.25, 0.3) is 0 Å². The summed E-state index contributed by atoms with van der Waals surface area (Å²) in [6.45, 7) is 2.87. The molecule has 3 rings (SSSR count). The van der Waals surface area contributed by atoms with Gasteiger partial charge in [0.25, 0.3) is 0 Å². The number of amides is 3. The summed E-state index contributed by atoms with van der Waals surface area (Å²) in [6.07, 6.45) is 2.42. The van der Waals surface area contributed by atoms with Crippen LogP contribution >= 0.6 is 0 Å². The van der Waals surface area contributed by atoms with E-state index < -0.39 is 22.1 Å². The van der Waals surface area contributed by atoms with Gasteiger partial charge in [0.2, 0.25) is 15.9 Å². The van der Waals surface area contributed by atoms with Gasteiger partial charge in [-0.3, -0.25) is 10.1 Å². The second-order valence-corrected chi connectivity index (χ2v) is 9.25. The van der Waals surface area contributed by atoms with E-state index in [1.54, 1.807) is 6.92 Å². The van der Waals surface area contributed by atoms with Crippen molar-refractivity contribution in [2.24, 2.45) is 5.92 Å². The molecular formula is C19H27N3O6S. The lowest BCUT2D eigenvalue weighted by atomic mass is 10.1. The molecule has 2 fully saturated rings. The number of ether oxygens (including phenoxy) is 2. The fourth-order valence-corrected chi connectivity index (χ4v) is 4.01. The third-order valence-electron chi connectivity index (χ3n) is 4.77. The minimum absolute atomic E-state index is 0.00297. The molecule has 0 aromatic heterocycles. The molecule has 0 bridgehead atoms. The highest BCUT2D eigenvalue weighted by Gasteiger charge is 2.26. The second kappa shape index (κ2) is 9.55. The van der Waals surface area contributed by atoms with Crippen LogP contribution in [0.15, 0.2) is 24.3 Å². The molecule has 1 saturated carbocycles. The Labute approximate surface area is 170 Å². The molecule has 2 aliphatic rings. The first-order valence-electron chi connectivity index (χ1n) is 9.71. The Morgan fingerprint density at radius 3 is 2.76 bits per heavy atom. The van der Waals surface area contributed by atoms with Gasteiger partial charge in [-0.25, -0.2) is 17.9 Å². The third-order valence-corrected chi connectivity index (χ3v) is 6.18. The Morgan fingerprint density at radius 2 is 2.07 bits per heavy atom. The van der Waals surface area contributed by atoms with E-state index in [0.717, 1.165) is 11.3 Å². The highest BCUT2D eigenvalue weighted by Crippen LogP contribution is 2.30. The topological polar surface area (TPSA) is 114 Å². The van der Waals surface area contributed by atoms with Crippen LogP contribution in [0.1, 0.15) is 31.4 Å². The lowest BCUT2D eigenvalue weighted by Gasteiger charge is -2.16. The van der Waals surface area contributed by atoms with Gasteiger partial charge in [0.15, 0.2) is 0 Å². The van der Waals surface area contributed by atoms with E-state index in [9.17, 15) is 18.0 Å². The molecule has 0 radical (unpaired) electrons. The lowest BCUT2D eigenvalue weighted by Crippen LogP contribution is -2.33. The Hall–Kier alpha value is -2.17. The van der Waals surface area contributed by atoms with Crippen molar-refractivity contribution >= 4 is 22.0 Å². The van der Waals surface area contributed by atoms with Crippen LogP contribution in [0.4, 0.5) is 4.79 Å². The van der Waals surface area contributed by atoms with Gasteiger partial charge < -0.3 is 14.4 Å². The van der Waals surface area contributed by atoms with E-state index in [-0.39, 0.29) is 38.0 Å². The summed E-state index contributed by atoms with van der Waals surface area (Å²) in [5.74, 6) is 0.848. The summed E-state index contributed by atoms with van der Waals surface area (Å²) in [4.78, 5) is 23.8. The summed E-state index contributed by atoms with van der Waals surface area (Å²) < 4.78 is 38.3. The SMILES string of the molecule is C[C@@H](NS(=O)(=O)CCOCCN1CC(=O)NC1=O)c1cccc(OCC2CC2)c1. The minimum atomic E-state index is -3.54. The zero-order valence-electron chi connectivity index (χ0n) is 16.4. The molecule has 2 N–H and O–H groups in total. The summed E-state index contributed by atoms with van der Waals surface area (Å²) >= 11 is 0. The Morgan fingerprint density at radius 1 is 1.28 bits per heavy atom. The smallest absolute Gasteiger partial charge is 0.324 e. The number of carbonyl (C=O) groups excluding carboxylic acids is 2. The van der Waals surface area contributed by atoms with Crippen LogP contribution in [-0.2, 0) is 19.6 Å². The van der Waals surface area contributed by atoms with Crippen LogP contribution in [0.3, 0.4) is 0 Å². The Bertz CT molecular complexity index is 840. The number of nitrogens with zero attached hydrogens (tertiary/aromatic N) is 1. The van der Waals surface area contributed by atoms with Gasteiger partial charge in [-0.05, 0) is 43.4 Å². The van der Waals surface area contributed by atoms with E-state index in [1.807, 2.05) is 24.3 Å². The van der Waals surface area contributed by atoms with E-state index in [1.165, 1.54) is 17.7 Å². The molecule has 0 spiro atoms. The fraction of sp³-hybridized carbons (Fsp3) is 0.579. The van der Waals surface area contributed by atoms with Crippen LogP contribution < -0.4 is 14.8 Å². The molecule has 1 saturated heterocycles. The number of hydrogen-bond donors (Lipinski definition) is 2. The van der Waals surface area contributed by atoms with Crippen LogP contribution in [-0.4, -0.2) is 63.9 Å². The van der Waals surface area contributed by atoms with Gasteiger partial charge in [-0.2, -0.15) is 0 Å². The highest BCUT2D eigenvalue weighted by atomic mass is 32.2. The predicted molar refractivity (Wildman–Crippen MR) is 106 cm³/mol. The normalized spacial score (nSPS) is 18.0. The van der Waals surface area contributed by atoms with Crippen LogP contribution in [0.2, 0.25) is 0 Å². The van der Waals surface area contributed by atoms with Gasteiger partial charge in [-0.1, -0.05) is 12.1 Å². The van der Waals surface area contributed by atoms with Crippen molar-refractivity contribution in [1.82, 2.24) is 14.9 Å². The number of carbonyl (C=O) groups is 2. The predicted octanol–water partition coefficient (Wildman–Crippen LogP) is 1.02. The zero-order chi connectivity index (χ0) is 20.9. The first-order chi connectivity index (χ1) is 13.8. The largest absolute Gasteiger partial charge is 0.493 e. The number of hydrogen-bond acceptors (Lipinski definition) is 6. The summed E-state index contributed by atoms with van der Waals surface area (Å²) in [5.41, 5.74) is 0.826. The van der Waals surface area contributed by atoms with Gasteiger partial charge in [0.05, 0.1) is 25.6 Å². The van der Waals surface area contributed by atoms with Gasteiger partial charge >= 0.3 is 6.03 Å². The molecule has 10 heteroatoms. The number of nitrogens with one attached hydrogen (secondary N) is 2. The Kier molecular flexibility index (Phi) is 7.09. The van der Waals surface area contributed by atoms with Crippen molar-refractivity contribution in [3.05, 3.63) is 29.8 Å². The average Bonchev–Trinajstić information content (AvgIpc) is 3.44. The number of imide groups is 1. The van der Waals surface area contributed by atoms with Gasteiger partial charge in [0, 0.05) is 12.6 Å². The standard InChI is InChI=1S/C19H27N3O6S/c1-14(16-3-2-4-17(11-16)28-13-15-5-6-15)21-29(25,26)10-9-27-8-7-22-12-18(23)20-19(22)24/h2-4,11,14-15,21H,5-10,12-13H2,1H3,(H,20,23,24)/t14-/m1/s1. The number of sulfonamides is 1. The maximum Gasteiger partial charge on any atom is 0.324 e. The molecule has 9 nitrogen and oxygen atoms in total. The van der Waals surface area contributed by atoms with E-state index >= 15 is 0 Å². The lowest BCUT2D eigenvalue weighted by molar-refractivity contribution is -0.118. The first kappa shape index (κ1) is 21.5. The van der Waals surface area contributed by atoms with Crippen molar-refractivity contribution in [2.45, 2.75) is 25.8 Å². The summed E-state index contributed by atoms with van der Waals surface area (Å²) in [5, 5.41) is 2.17.